The summed E-state index contributed by atoms with van der Waals surface area (Å²) in [6, 6.07) is 5.52. The Balaban J connectivity index is 2.12. The molecule has 1 aromatic carbocycles. The number of nitrogens with one attached hydrogen (secondary N) is 2. The summed E-state index contributed by atoms with van der Waals surface area (Å²) in [5.74, 6) is -0.0395. The number of Topliss-reactive ketones (excluding diaryl/α,β-unsaturated/α-hetero) is 1. The molecule has 0 aliphatic rings. The van der Waals surface area contributed by atoms with Crippen molar-refractivity contribution in [3.63, 3.8) is 0 Å². The lowest BCUT2D eigenvalue weighted by Gasteiger charge is -1.96. The van der Waals surface area contributed by atoms with Gasteiger partial charge in [-0.1, -0.05) is 6.07 Å². The minimum Gasteiger partial charge on any atom is -0.306 e. The van der Waals surface area contributed by atoms with Crippen molar-refractivity contribution < 1.29 is 4.79 Å². The zero-order chi connectivity index (χ0) is 12.7. The molecule has 2 aromatic heterocycles. The third-order valence-electron chi connectivity index (χ3n) is 2.62. The Morgan fingerprint density at radius 3 is 2.78 bits per heavy atom. The van der Waals surface area contributed by atoms with Gasteiger partial charge in [0, 0.05) is 17.9 Å². The first-order valence-corrected chi connectivity index (χ1v) is 6.20. The molecule has 0 atom stereocenters. The van der Waals surface area contributed by atoms with E-state index >= 15 is 0 Å². The van der Waals surface area contributed by atoms with Crippen molar-refractivity contribution in [3.05, 3.63) is 39.1 Å². The van der Waals surface area contributed by atoms with Gasteiger partial charge in [0.2, 0.25) is 0 Å². The number of benzene rings is 1. The van der Waals surface area contributed by atoms with Crippen molar-refractivity contribution in [2.24, 2.45) is 0 Å². The van der Waals surface area contributed by atoms with Crippen LogP contribution in [-0.2, 0) is 0 Å². The Hall–Kier alpha value is -2.21. The van der Waals surface area contributed by atoms with E-state index < -0.39 is 0 Å². The highest BCUT2D eigenvalue weighted by Crippen LogP contribution is 2.24. The summed E-state index contributed by atoms with van der Waals surface area (Å²) in [4.78, 5) is 32.0. The van der Waals surface area contributed by atoms with E-state index in [0.717, 1.165) is 22.3 Å². The second kappa shape index (κ2) is 3.92. The predicted molar refractivity (Wildman–Crippen MR) is 70.0 cm³/mol. The maximum atomic E-state index is 11.2. The number of H-pyrrole nitrogens is 2. The summed E-state index contributed by atoms with van der Waals surface area (Å²) in [7, 11) is 0. The minimum absolute atomic E-state index is 0.0395. The SMILES string of the molecule is CC(=O)c1nc(-c2ccc3[nH]c(=O)[nH]c3c2)cs1. The van der Waals surface area contributed by atoms with Gasteiger partial charge in [-0.25, -0.2) is 9.78 Å². The highest BCUT2D eigenvalue weighted by molar-refractivity contribution is 7.12. The summed E-state index contributed by atoms with van der Waals surface area (Å²) >= 11 is 1.32. The first-order valence-electron chi connectivity index (χ1n) is 5.32. The molecule has 0 saturated carbocycles. The molecular formula is C12H9N3O2S. The quantitative estimate of drug-likeness (QED) is 0.692. The van der Waals surface area contributed by atoms with E-state index in [9.17, 15) is 9.59 Å². The highest BCUT2D eigenvalue weighted by Gasteiger charge is 2.09. The summed E-state index contributed by atoms with van der Waals surface area (Å²) in [6.07, 6.45) is 0. The molecule has 0 bridgehead atoms. The average molecular weight is 259 g/mol. The van der Waals surface area contributed by atoms with Gasteiger partial charge in [0.15, 0.2) is 10.8 Å². The van der Waals surface area contributed by atoms with Crippen LogP contribution in [0.3, 0.4) is 0 Å². The molecule has 0 aliphatic carbocycles. The molecule has 6 heteroatoms. The van der Waals surface area contributed by atoms with E-state index in [1.165, 1.54) is 18.3 Å². The van der Waals surface area contributed by atoms with Crippen LogP contribution in [0, 0.1) is 0 Å². The van der Waals surface area contributed by atoms with Crippen molar-refractivity contribution in [2.75, 3.05) is 0 Å². The average Bonchev–Trinajstić information content (AvgIpc) is 2.91. The van der Waals surface area contributed by atoms with Crippen LogP contribution >= 0.6 is 11.3 Å². The maximum absolute atomic E-state index is 11.2. The molecule has 0 amide bonds. The number of aromatic amines is 2. The van der Waals surface area contributed by atoms with Crippen molar-refractivity contribution >= 4 is 28.2 Å². The number of hydrogen-bond acceptors (Lipinski definition) is 4. The van der Waals surface area contributed by atoms with Crippen LogP contribution in [0.2, 0.25) is 0 Å². The second-order valence-electron chi connectivity index (χ2n) is 3.93. The third kappa shape index (κ3) is 1.76. The Morgan fingerprint density at radius 2 is 2.06 bits per heavy atom. The van der Waals surface area contributed by atoms with Crippen LogP contribution in [0.15, 0.2) is 28.4 Å². The molecule has 0 fully saturated rings. The number of thiazole rings is 1. The molecule has 0 aliphatic heterocycles. The van der Waals surface area contributed by atoms with Crippen LogP contribution in [0.5, 0.6) is 0 Å². The number of imidazole rings is 1. The number of carbonyl (C=O) groups is 1. The smallest absolute Gasteiger partial charge is 0.306 e. The van der Waals surface area contributed by atoms with E-state index in [0.29, 0.717) is 5.01 Å². The lowest BCUT2D eigenvalue weighted by Crippen LogP contribution is -1.99. The van der Waals surface area contributed by atoms with Gasteiger partial charge in [0.05, 0.1) is 16.7 Å². The molecule has 3 rings (SSSR count). The van der Waals surface area contributed by atoms with Gasteiger partial charge in [-0.05, 0) is 12.1 Å². The molecule has 2 N–H and O–H groups in total. The predicted octanol–water partition coefficient (Wildman–Crippen LogP) is 2.18. The van der Waals surface area contributed by atoms with Gasteiger partial charge in [-0.2, -0.15) is 0 Å². The number of fused-ring (bicyclic) bond motifs is 1. The number of rotatable bonds is 2. The van der Waals surface area contributed by atoms with E-state index in [1.54, 1.807) is 0 Å². The Kier molecular flexibility index (Phi) is 2.38. The molecule has 0 saturated heterocycles. The van der Waals surface area contributed by atoms with Gasteiger partial charge in [-0.3, -0.25) is 4.79 Å². The second-order valence-corrected chi connectivity index (χ2v) is 4.79. The van der Waals surface area contributed by atoms with E-state index in [2.05, 4.69) is 15.0 Å². The van der Waals surface area contributed by atoms with Crippen LogP contribution in [-0.4, -0.2) is 20.7 Å². The zero-order valence-corrected chi connectivity index (χ0v) is 10.3. The summed E-state index contributed by atoms with van der Waals surface area (Å²) in [6.45, 7) is 1.50. The minimum atomic E-state index is -0.232. The van der Waals surface area contributed by atoms with Crippen molar-refractivity contribution in [2.45, 2.75) is 6.92 Å². The molecule has 90 valence electrons. The van der Waals surface area contributed by atoms with E-state index in [1.807, 2.05) is 23.6 Å². The van der Waals surface area contributed by atoms with Gasteiger partial charge in [0.25, 0.3) is 0 Å². The van der Waals surface area contributed by atoms with Gasteiger partial charge >= 0.3 is 5.69 Å². The fraction of sp³-hybridized carbons (Fsp3) is 0.0833. The van der Waals surface area contributed by atoms with Gasteiger partial charge in [-0.15, -0.1) is 11.3 Å². The number of hydrogen-bond donors (Lipinski definition) is 2. The van der Waals surface area contributed by atoms with Gasteiger partial charge in [0.1, 0.15) is 0 Å². The Labute approximate surface area is 106 Å². The zero-order valence-electron chi connectivity index (χ0n) is 9.48. The Morgan fingerprint density at radius 1 is 1.28 bits per heavy atom. The first kappa shape index (κ1) is 10.9. The van der Waals surface area contributed by atoms with Crippen molar-refractivity contribution in [1.82, 2.24) is 15.0 Å². The van der Waals surface area contributed by atoms with Crippen LogP contribution in [0.4, 0.5) is 0 Å². The van der Waals surface area contributed by atoms with Gasteiger partial charge < -0.3 is 9.97 Å². The van der Waals surface area contributed by atoms with E-state index in [4.69, 9.17) is 0 Å². The molecule has 3 aromatic rings. The molecule has 0 unspecified atom stereocenters. The van der Waals surface area contributed by atoms with Crippen LogP contribution < -0.4 is 5.69 Å². The van der Waals surface area contributed by atoms with Crippen molar-refractivity contribution in [1.29, 1.82) is 0 Å². The Bertz CT molecular complexity index is 797. The molecule has 18 heavy (non-hydrogen) atoms. The lowest BCUT2D eigenvalue weighted by atomic mass is 10.1. The fourth-order valence-electron chi connectivity index (χ4n) is 1.76. The highest BCUT2D eigenvalue weighted by atomic mass is 32.1. The first-order chi connectivity index (χ1) is 8.63. The number of ketones is 1. The topological polar surface area (TPSA) is 78.6 Å². The molecule has 5 nitrogen and oxygen atoms in total. The summed E-state index contributed by atoms with van der Waals surface area (Å²) in [5.41, 5.74) is 2.88. The summed E-state index contributed by atoms with van der Waals surface area (Å²) < 4.78 is 0. The number of carbonyl (C=O) groups excluding carboxylic acids is 1. The lowest BCUT2D eigenvalue weighted by molar-refractivity contribution is 0.101. The van der Waals surface area contributed by atoms with Crippen LogP contribution in [0.1, 0.15) is 16.7 Å². The largest absolute Gasteiger partial charge is 0.323 e. The molecular weight excluding hydrogens is 250 g/mol. The van der Waals surface area contributed by atoms with Crippen LogP contribution in [0.25, 0.3) is 22.3 Å². The normalized spacial score (nSPS) is 10.9. The monoisotopic (exact) mass is 259 g/mol. The fourth-order valence-corrected chi connectivity index (χ4v) is 2.49. The number of nitrogens with zero attached hydrogens (tertiary/aromatic N) is 1. The van der Waals surface area contributed by atoms with Crippen molar-refractivity contribution in [3.8, 4) is 11.3 Å². The molecule has 2 heterocycles. The molecule has 0 spiro atoms. The summed E-state index contributed by atoms with van der Waals surface area (Å²) in [5, 5.41) is 2.33. The maximum Gasteiger partial charge on any atom is 0.323 e. The third-order valence-corrected chi connectivity index (χ3v) is 3.56. The standard InChI is InChI=1S/C12H9N3O2S/c1-6(16)11-13-10(5-18-11)7-2-3-8-9(4-7)15-12(17)14-8/h2-5H,1H3,(H2,14,15,17). The number of aromatic nitrogens is 3. The van der Waals surface area contributed by atoms with E-state index in [-0.39, 0.29) is 11.5 Å². The molecule has 0 radical (unpaired) electrons.